The van der Waals surface area contributed by atoms with Crippen molar-refractivity contribution in [1.29, 1.82) is 0 Å². The molecule has 152 valence electrons. The summed E-state index contributed by atoms with van der Waals surface area (Å²) in [6.07, 6.45) is 0.786. The van der Waals surface area contributed by atoms with Gasteiger partial charge in [0.05, 0.1) is 19.9 Å². The van der Waals surface area contributed by atoms with E-state index < -0.39 is 0 Å². The summed E-state index contributed by atoms with van der Waals surface area (Å²) < 4.78 is 25.8. The van der Waals surface area contributed by atoms with E-state index >= 15 is 0 Å². The van der Waals surface area contributed by atoms with Gasteiger partial charge in [-0.05, 0) is 55.3 Å². The lowest BCUT2D eigenvalue weighted by Gasteiger charge is -2.08. The molecule has 3 aromatic rings. The lowest BCUT2D eigenvalue weighted by molar-refractivity contribution is 0.0997. The molecule has 0 aliphatic carbocycles. The molecule has 0 saturated carbocycles. The second-order valence-corrected chi connectivity index (χ2v) is 7.34. The molecule has 0 unspecified atom stereocenters. The van der Waals surface area contributed by atoms with Gasteiger partial charge in [0, 0.05) is 23.1 Å². The zero-order chi connectivity index (χ0) is 21.0. The monoisotopic (exact) mass is 414 g/mol. The second-order valence-electron chi connectivity index (χ2n) is 6.28. The van der Waals surface area contributed by atoms with Gasteiger partial charge in [-0.3, -0.25) is 4.79 Å². The third kappa shape index (κ3) is 4.40. The average molecular weight is 415 g/mol. The highest BCUT2D eigenvalue weighted by Crippen LogP contribution is 2.27. The summed E-state index contributed by atoms with van der Waals surface area (Å²) in [7, 11) is 3.07. The van der Waals surface area contributed by atoms with Gasteiger partial charge in [0.1, 0.15) is 17.3 Å². The summed E-state index contributed by atoms with van der Waals surface area (Å²) in [6.45, 7) is 4.69. The maximum Gasteiger partial charge on any atom is 0.279 e. The minimum absolute atomic E-state index is 0.280. The molecule has 7 heteroatoms. The van der Waals surface area contributed by atoms with Crippen molar-refractivity contribution in [3.63, 3.8) is 0 Å². The molecule has 5 nitrogen and oxygen atoms in total. The van der Waals surface area contributed by atoms with Crippen LogP contribution in [0.5, 0.6) is 11.5 Å². The van der Waals surface area contributed by atoms with E-state index in [1.807, 2.05) is 11.5 Å². The Labute approximate surface area is 173 Å². The number of hydrogen-bond acceptors (Lipinski definition) is 4. The van der Waals surface area contributed by atoms with Crippen molar-refractivity contribution in [3.8, 4) is 22.8 Å². The van der Waals surface area contributed by atoms with E-state index in [0.717, 1.165) is 22.6 Å². The lowest BCUT2D eigenvalue weighted by Crippen LogP contribution is -2.17. The highest BCUT2D eigenvalue weighted by molar-refractivity contribution is 7.09. The molecule has 0 N–H and O–H groups in total. The Kier molecular flexibility index (Phi) is 6.49. The first-order chi connectivity index (χ1) is 14.0. The Balaban J connectivity index is 2.12. The van der Waals surface area contributed by atoms with E-state index in [4.69, 9.17) is 9.47 Å². The number of nitrogens with zero attached hydrogens (tertiary/aromatic N) is 2. The van der Waals surface area contributed by atoms with Gasteiger partial charge in [-0.1, -0.05) is 6.92 Å². The molecule has 0 saturated heterocycles. The van der Waals surface area contributed by atoms with Gasteiger partial charge >= 0.3 is 0 Å². The Bertz CT molecular complexity index is 1060. The molecule has 0 bridgehead atoms. The van der Waals surface area contributed by atoms with Crippen molar-refractivity contribution in [2.45, 2.75) is 26.8 Å². The number of carbonyl (C=O) groups is 1. The standard InChI is InChI=1S/C22H23FN2O3S/c1-5-19-20(14-7-9-16(23)10-8-14)25(6-2)22(29-19)24-21(26)15-11-17(27-3)13-18(12-15)28-4/h7-13H,5-6H2,1-4H3. The first kappa shape index (κ1) is 20.8. The van der Waals surface area contributed by atoms with Crippen molar-refractivity contribution in [2.75, 3.05) is 14.2 Å². The Morgan fingerprint density at radius 3 is 2.21 bits per heavy atom. The molecule has 2 aromatic carbocycles. The molecular formula is C22H23FN2O3S. The molecule has 0 aliphatic heterocycles. The van der Waals surface area contributed by atoms with Gasteiger partial charge in [0.25, 0.3) is 5.91 Å². The average Bonchev–Trinajstić information content (AvgIpc) is 3.10. The molecule has 0 radical (unpaired) electrons. The first-order valence-corrected chi connectivity index (χ1v) is 10.1. The van der Waals surface area contributed by atoms with Crippen LogP contribution in [0.25, 0.3) is 11.3 Å². The van der Waals surface area contributed by atoms with Crippen LogP contribution in [-0.4, -0.2) is 24.7 Å². The van der Waals surface area contributed by atoms with Crippen molar-refractivity contribution in [1.82, 2.24) is 4.57 Å². The van der Waals surface area contributed by atoms with Crippen LogP contribution in [0.1, 0.15) is 29.1 Å². The summed E-state index contributed by atoms with van der Waals surface area (Å²) in [5.74, 6) is 0.397. The summed E-state index contributed by atoms with van der Waals surface area (Å²) in [5.41, 5.74) is 2.26. The Morgan fingerprint density at radius 1 is 1.07 bits per heavy atom. The van der Waals surface area contributed by atoms with Crippen molar-refractivity contribution in [2.24, 2.45) is 4.99 Å². The van der Waals surface area contributed by atoms with Gasteiger partial charge in [0.15, 0.2) is 4.80 Å². The van der Waals surface area contributed by atoms with Crippen molar-refractivity contribution in [3.05, 3.63) is 63.5 Å². The van der Waals surface area contributed by atoms with Gasteiger partial charge in [-0.25, -0.2) is 4.39 Å². The number of amides is 1. The summed E-state index contributed by atoms with van der Waals surface area (Å²) in [6, 6.07) is 11.4. The van der Waals surface area contributed by atoms with E-state index in [-0.39, 0.29) is 11.7 Å². The van der Waals surface area contributed by atoms with Crippen LogP contribution in [0.4, 0.5) is 4.39 Å². The Morgan fingerprint density at radius 2 is 1.69 bits per heavy atom. The normalized spacial score (nSPS) is 11.6. The fourth-order valence-corrected chi connectivity index (χ4v) is 4.23. The van der Waals surface area contributed by atoms with Crippen LogP contribution in [0.15, 0.2) is 47.5 Å². The van der Waals surface area contributed by atoms with E-state index in [1.165, 1.54) is 37.7 Å². The van der Waals surface area contributed by atoms with Gasteiger partial charge in [-0.15, -0.1) is 11.3 Å². The third-order valence-corrected chi connectivity index (χ3v) is 5.75. The maximum atomic E-state index is 13.4. The summed E-state index contributed by atoms with van der Waals surface area (Å²) >= 11 is 1.47. The zero-order valence-electron chi connectivity index (χ0n) is 16.9. The van der Waals surface area contributed by atoms with Crippen LogP contribution in [0.2, 0.25) is 0 Å². The number of aromatic nitrogens is 1. The van der Waals surface area contributed by atoms with Crippen LogP contribution in [0.3, 0.4) is 0 Å². The van der Waals surface area contributed by atoms with Crippen molar-refractivity contribution >= 4 is 17.2 Å². The topological polar surface area (TPSA) is 52.8 Å². The van der Waals surface area contributed by atoms with Gasteiger partial charge in [-0.2, -0.15) is 4.99 Å². The van der Waals surface area contributed by atoms with E-state index in [1.54, 1.807) is 30.3 Å². The molecule has 0 atom stereocenters. The fraction of sp³-hybridized carbons (Fsp3) is 0.273. The second kappa shape index (κ2) is 9.05. The highest BCUT2D eigenvalue weighted by atomic mass is 32.1. The zero-order valence-corrected chi connectivity index (χ0v) is 17.7. The van der Waals surface area contributed by atoms with Crippen LogP contribution < -0.4 is 14.3 Å². The molecule has 1 aromatic heterocycles. The fourth-order valence-electron chi connectivity index (χ4n) is 3.08. The largest absolute Gasteiger partial charge is 0.497 e. The quantitative estimate of drug-likeness (QED) is 0.588. The minimum atomic E-state index is -0.376. The molecule has 0 fully saturated rings. The summed E-state index contributed by atoms with van der Waals surface area (Å²) in [4.78, 5) is 19.0. The molecule has 1 heterocycles. The number of carbonyl (C=O) groups excluding carboxylic acids is 1. The van der Waals surface area contributed by atoms with Gasteiger partial charge < -0.3 is 14.0 Å². The number of methoxy groups -OCH3 is 2. The number of ether oxygens (including phenoxy) is 2. The Hall–Kier alpha value is -2.93. The SMILES string of the molecule is CCc1sc(=NC(=O)c2cc(OC)cc(OC)c2)n(CC)c1-c1ccc(F)cc1. The summed E-state index contributed by atoms with van der Waals surface area (Å²) in [5, 5.41) is 0. The molecule has 3 rings (SSSR count). The first-order valence-electron chi connectivity index (χ1n) is 9.31. The molecular weight excluding hydrogens is 391 g/mol. The van der Waals surface area contributed by atoms with E-state index in [9.17, 15) is 9.18 Å². The van der Waals surface area contributed by atoms with Crippen LogP contribution in [0, 0.1) is 5.82 Å². The minimum Gasteiger partial charge on any atom is -0.497 e. The predicted molar refractivity (Wildman–Crippen MR) is 112 cm³/mol. The van der Waals surface area contributed by atoms with Crippen LogP contribution in [-0.2, 0) is 13.0 Å². The maximum absolute atomic E-state index is 13.4. The predicted octanol–water partition coefficient (Wildman–Crippen LogP) is 4.70. The molecule has 0 aliphatic rings. The van der Waals surface area contributed by atoms with Gasteiger partial charge in [0.2, 0.25) is 0 Å². The van der Waals surface area contributed by atoms with E-state index in [0.29, 0.717) is 28.4 Å². The highest BCUT2D eigenvalue weighted by Gasteiger charge is 2.16. The lowest BCUT2D eigenvalue weighted by atomic mass is 10.1. The number of aryl methyl sites for hydroxylation is 1. The molecule has 1 amide bonds. The molecule has 0 spiro atoms. The van der Waals surface area contributed by atoms with Crippen molar-refractivity contribution < 1.29 is 18.7 Å². The molecule has 29 heavy (non-hydrogen) atoms. The number of benzene rings is 2. The number of rotatable bonds is 6. The number of thiazole rings is 1. The number of hydrogen-bond donors (Lipinski definition) is 0. The van der Waals surface area contributed by atoms with Crippen LogP contribution >= 0.6 is 11.3 Å². The number of halogens is 1. The van der Waals surface area contributed by atoms with E-state index in [2.05, 4.69) is 11.9 Å². The third-order valence-electron chi connectivity index (χ3n) is 4.53. The smallest absolute Gasteiger partial charge is 0.279 e.